The van der Waals surface area contributed by atoms with Crippen molar-refractivity contribution >= 4 is 46.8 Å². The van der Waals surface area contributed by atoms with Crippen LogP contribution < -0.4 is 25.5 Å². The Labute approximate surface area is 249 Å². The highest BCUT2D eigenvalue weighted by atomic mass is 16.6. The molecule has 15 heteroatoms. The maximum Gasteiger partial charge on any atom is 0.318 e. The van der Waals surface area contributed by atoms with Crippen LogP contribution >= 0.6 is 0 Å². The lowest BCUT2D eigenvalue weighted by molar-refractivity contribution is -0.394. The van der Waals surface area contributed by atoms with Gasteiger partial charge in [-0.1, -0.05) is 30.3 Å². The number of methoxy groups -OCH3 is 1. The average Bonchev–Trinajstić information content (AvgIpc) is 3.02. The SMILES string of the molecule is COc1ccc(Nc2nc(N/N=C/c3cccc(Oc4ccc([N+](=O)[O-])cc4[N+](=O)[O-])c3)nc(Nc3ccccc3)n2)cc1. The van der Waals surface area contributed by atoms with Gasteiger partial charge in [0.2, 0.25) is 23.6 Å². The molecule has 0 saturated heterocycles. The Kier molecular flexibility index (Phi) is 8.76. The second-order valence-electron chi connectivity index (χ2n) is 8.86. The van der Waals surface area contributed by atoms with E-state index < -0.39 is 21.2 Å². The third-order valence-corrected chi connectivity index (χ3v) is 5.83. The molecule has 0 bridgehead atoms. The average molecular weight is 594 g/mol. The number of non-ortho nitro benzene ring substituents is 1. The maximum absolute atomic E-state index is 11.5. The van der Waals surface area contributed by atoms with Crippen molar-refractivity contribution in [2.24, 2.45) is 5.10 Å². The van der Waals surface area contributed by atoms with Crippen molar-refractivity contribution in [3.63, 3.8) is 0 Å². The molecule has 0 unspecified atom stereocenters. The molecule has 0 fully saturated rings. The summed E-state index contributed by atoms with van der Waals surface area (Å²) in [6.07, 6.45) is 1.47. The van der Waals surface area contributed by atoms with Crippen molar-refractivity contribution in [3.8, 4) is 17.2 Å². The number of hydrazone groups is 1. The fourth-order valence-electron chi connectivity index (χ4n) is 3.79. The molecule has 0 atom stereocenters. The molecule has 3 N–H and O–H groups in total. The minimum atomic E-state index is -0.745. The molecule has 44 heavy (non-hydrogen) atoms. The Morgan fingerprint density at radius 3 is 2.07 bits per heavy atom. The summed E-state index contributed by atoms with van der Waals surface area (Å²) in [5.41, 5.74) is 3.91. The van der Waals surface area contributed by atoms with E-state index in [1.165, 1.54) is 12.3 Å². The van der Waals surface area contributed by atoms with Gasteiger partial charge in [-0.2, -0.15) is 20.1 Å². The first-order valence-electron chi connectivity index (χ1n) is 12.9. The fraction of sp³-hybridized carbons (Fsp3) is 0.0345. The molecule has 5 rings (SSSR count). The van der Waals surface area contributed by atoms with E-state index in [2.05, 4.69) is 36.1 Å². The van der Waals surface area contributed by atoms with E-state index >= 15 is 0 Å². The van der Waals surface area contributed by atoms with Crippen molar-refractivity contribution in [1.29, 1.82) is 0 Å². The van der Waals surface area contributed by atoms with Gasteiger partial charge >= 0.3 is 5.69 Å². The molecular formula is C29H23N9O6. The molecule has 0 spiro atoms. The zero-order chi connectivity index (χ0) is 30.9. The van der Waals surface area contributed by atoms with Crippen LogP contribution in [-0.2, 0) is 0 Å². The molecule has 5 aromatic rings. The van der Waals surface area contributed by atoms with Crippen LogP contribution in [0.25, 0.3) is 0 Å². The monoisotopic (exact) mass is 593 g/mol. The molecule has 0 aliphatic heterocycles. The minimum Gasteiger partial charge on any atom is -0.497 e. The smallest absolute Gasteiger partial charge is 0.318 e. The largest absolute Gasteiger partial charge is 0.497 e. The van der Waals surface area contributed by atoms with E-state index in [0.29, 0.717) is 11.3 Å². The van der Waals surface area contributed by atoms with Gasteiger partial charge in [0.1, 0.15) is 11.5 Å². The molecule has 220 valence electrons. The number of benzene rings is 4. The van der Waals surface area contributed by atoms with Gasteiger partial charge in [0, 0.05) is 17.4 Å². The first kappa shape index (κ1) is 28.9. The first-order chi connectivity index (χ1) is 21.4. The van der Waals surface area contributed by atoms with Crippen LogP contribution in [0, 0.1) is 20.2 Å². The Morgan fingerprint density at radius 2 is 1.41 bits per heavy atom. The number of nitro benzene ring substituents is 2. The Morgan fingerprint density at radius 1 is 0.727 bits per heavy atom. The maximum atomic E-state index is 11.5. The zero-order valence-corrected chi connectivity index (χ0v) is 22.9. The second-order valence-corrected chi connectivity index (χ2v) is 8.86. The Bertz CT molecular complexity index is 1820. The molecule has 0 saturated carbocycles. The van der Waals surface area contributed by atoms with Gasteiger partial charge in [-0.15, -0.1) is 0 Å². The van der Waals surface area contributed by atoms with Gasteiger partial charge in [-0.3, -0.25) is 20.2 Å². The van der Waals surface area contributed by atoms with Crippen molar-refractivity contribution in [1.82, 2.24) is 15.0 Å². The predicted molar refractivity (Wildman–Crippen MR) is 163 cm³/mol. The predicted octanol–water partition coefficient (Wildman–Crippen LogP) is 6.42. The van der Waals surface area contributed by atoms with E-state index in [-0.39, 0.29) is 29.3 Å². The summed E-state index contributed by atoms with van der Waals surface area (Å²) in [6, 6.07) is 26.3. The topological polar surface area (TPSA) is 192 Å². The van der Waals surface area contributed by atoms with Gasteiger partial charge in [0.25, 0.3) is 5.69 Å². The third-order valence-electron chi connectivity index (χ3n) is 5.83. The summed E-state index contributed by atoms with van der Waals surface area (Å²) in [4.78, 5) is 34.2. The number of aromatic nitrogens is 3. The quantitative estimate of drug-likeness (QED) is 0.0817. The number of rotatable bonds is 12. The van der Waals surface area contributed by atoms with Gasteiger partial charge in [0.15, 0.2) is 0 Å². The van der Waals surface area contributed by atoms with Crippen LogP contribution in [0.3, 0.4) is 0 Å². The highest BCUT2D eigenvalue weighted by molar-refractivity contribution is 5.80. The summed E-state index contributed by atoms with van der Waals surface area (Å²) >= 11 is 0. The minimum absolute atomic E-state index is 0.139. The molecule has 1 aromatic heterocycles. The number of nitrogens with one attached hydrogen (secondary N) is 3. The highest BCUT2D eigenvalue weighted by Crippen LogP contribution is 2.34. The number of para-hydroxylation sites is 1. The lowest BCUT2D eigenvalue weighted by Gasteiger charge is -2.10. The van der Waals surface area contributed by atoms with Gasteiger partial charge in [0.05, 0.1) is 29.2 Å². The molecule has 15 nitrogen and oxygen atoms in total. The van der Waals surface area contributed by atoms with Crippen LogP contribution in [-0.4, -0.2) is 38.1 Å². The van der Waals surface area contributed by atoms with Crippen LogP contribution in [0.1, 0.15) is 5.56 Å². The van der Waals surface area contributed by atoms with E-state index in [4.69, 9.17) is 9.47 Å². The van der Waals surface area contributed by atoms with Crippen molar-refractivity contribution in [2.75, 3.05) is 23.2 Å². The number of nitro groups is 2. The first-order valence-corrected chi connectivity index (χ1v) is 12.9. The van der Waals surface area contributed by atoms with Gasteiger partial charge in [-0.25, -0.2) is 5.43 Å². The normalized spacial score (nSPS) is 10.7. The second kappa shape index (κ2) is 13.3. The number of hydrogen-bond acceptors (Lipinski definition) is 13. The molecule has 4 aromatic carbocycles. The Hall–Kier alpha value is -6.64. The summed E-state index contributed by atoms with van der Waals surface area (Å²) in [7, 11) is 1.59. The van der Waals surface area contributed by atoms with E-state index in [1.807, 2.05) is 42.5 Å². The van der Waals surface area contributed by atoms with Crippen LogP contribution in [0.4, 0.5) is 40.6 Å². The summed E-state index contributed by atoms with van der Waals surface area (Å²) < 4.78 is 10.9. The summed E-state index contributed by atoms with van der Waals surface area (Å²) in [6.45, 7) is 0. The van der Waals surface area contributed by atoms with Crippen LogP contribution in [0.15, 0.2) is 102 Å². The summed E-state index contributed by atoms with van der Waals surface area (Å²) in [5, 5.41) is 32.9. The van der Waals surface area contributed by atoms with Gasteiger partial charge < -0.3 is 20.1 Å². The third kappa shape index (κ3) is 7.55. The lowest BCUT2D eigenvalue weighted by atomic mass is 10.2. The molecule has 0 radical (unpaired) electrons. The molecule has 0 amide bonds. The number of ether oxygens (including phenoxy) is 2. The zero-order valence-electron chi connectivity index (χ0n) is 22.9. The van der Waals surface area contributed by atoms with Gasteiger partial charge in [-0.05, 0) is 60.2 Å². The lowest BCUT2D eigenvalue weighted by Crippen LogP contribution is -2.07. The van der Waals surface area contributed by atoms with E-state index in [9.17, 15) is 20.2 Å². The number of anilines is 5. The van der Waals surface area contributed by atoms with Crippen LogP contribution in [0.2, 0.25) is 0 Å². The Balaban J connectivity index is 1.34. The fourth-order valence-corrected chi connectivity index (χ4v) is 3.79. The highest BCUT2D eigenvalue weighted by Gasteiger charge is 2.21. The van der Waals surface area contributed by atoms with E-state index in [1.54, 1.807) is 43.5 Å². The molecule has 0 aliphatic carbocycles. The molecule has 1 heterocycles. The number of nitrogens with zero attached hydrogens (tertiary/aromatic N) is 6. The number of hydrogen-bond donors (Lipinski definition) is 3. The van der Waals surface area contributed by atoms with Crippen molar-refractivity contribution < 1.29 is 19.3 Å². The molecule has 0 aliphatic rings. The molecular weight excluding hydrogens is 570 g/mol. The van der Waals surface area contributed by atoms with Crippen LogP contribution in [0.5, 0.6) is 17.2 Å². The van der Waals surface area contributed by atoms with Crippen molar-refractivity contribution in [3.05, 3.63) is 123 Å². The standard InChI is InChI=1S/C29H23N9O6/c1-43-23-13-10-21(11-14-23)32-28-33-27(31-20-7-3-2-4-8-20)34-29(35-28)36-30-18-19-6-5-9-24(16-19)44-26-15-12-22(37(39)40)17-25(26)38(41)42/h2-18H,1H3,(H3,31,32,33,34,35,36)/b30-18+. The van der Waals surface area contributed by atoms with E-state index in [0.717, 1.165) is 23.5 Å². The van der Waals surface area contributed by atoms with Crippen molar-refractivity contribution in [2.45, 2.75) is 0 Å². The summed E-state index contributed by atoms with van der Waals surface area (Å²) in [5.74, 6) is 1.47.